The molecule has 3 rings (SSSR count). The summed E-state index contributed by atoms with van der Waals surface area (Å²) in [6, 6.07) is 21.4. The molecule has 0 fully saturated rings. The predicted molar refractivity (Wildman–Crippen MR) is 98.6 cm³/mol. The van der Waals surface area contributed by atoms with Crippen LogP contribution in [-0.4, -0.2) is 18.0 Å². The highest BCUT2D eigenvalue weighted by Gasteiger charge is 2.20. The lowest BCUT2D eigenvalue weighted by molar-refractivity contribution is -0.123. The largest absolute Gasteiger partial charge is 0.449 e. The van der Waals surface area contributed by atoms with Crippen molar-refractivity contribution in [2.75, 3.05) is 5.32 Å². The van der Waals surface area contributed by atoms with Crippen molar-refractivity contribution in [3.05, 3.63) is 77.9 Å². The van der Waals surface area contributed by atoms with Gasteiger partial charge in [0, 0.05) is 5.69 Å². The van der Waals surface area contributed by atoms with Crippen LogP contribution < -0.4 is 5.32 Å². The Labute approximate surface area is 150 Å². The number of hydrogen-bond donors (Lipinski definition) is 1. The number of nitrogens with one attached hydrogen (secondary N) is 1. The second kappa shape index (κ2) is 7.49. The van der Waals surface area contributed by atoms with E-state index in [1.165, 1.54) is 6.92 Å². The number of anilines is 1. The first-order valence-corrected chi connectivity index (χ1v) is 8.08. The van der Waals surface area contributed by atoms with Crippen LogP contribution in [0.1, 0.15) is 22.8 Å². The fraction of sp³-hybridized carbons (Fsp3) is 0.0952. The summed E-state index contributed by atoms with van der Waals surface area (Å²) in [4.78, 5) is 24.8. The van der Waals surface area contributed by atoms with Crippen LogP contribution in [0.3, 0.4) is 0 Å². The van der Waals surface area contributed by atoms with Gasteiger partial charge in [-0.15, -0.1) is 0 Å². The Bertz CT molecular complexity index is 1020. The third-order valence-corrected chi connectivity index (χ3v) is 3.92. The van der Waals surface area contributed by atoms with Gasteiger partial charge in [0.2, 0.25) is 0 Å². The van der Waals surface area contributed by atoms with Gasteiger partial charge in [-0.1, -0.05) is 42.5 Å². The number of amides is 1. The van der Waals surface area contributed by atoms with E-state index in [0.717, 1.165) is 10.8 Å². The number of hydrogen-bond acceptors (Lipinski definition) is 4. The van der Waals surface area contributed by atoms with Crippen molar-refractivity contribution in [2.45, 2.75) is 13.0 Å². The van der Waals surface area contributed by atoms with E-state index >= 15 is 0 Å². The van der Waals surface area contributed by atoms with Gasteiger partial charge in [0.05, 0.1) is 17.2 Å². The number of esters is 1. The van der Waals surface area contributed by atoms with Crippen LogP contribution >= 0.6 is 0 Å². The zero-order chi connectivity index (χ0) is 18.5. The molecule has 3 aromatic rings. The Hall–Kier alpha value is -3.65. The third-order valence-electron chi connectivity index (χ3n) is 3.92. The van der Waals surface area contributed by atoms with Gasteiger partial charge in [-0.05, 0) is 42.0 Å². The van der Waals surface area contributed by atoms with Gasteiger partial charge in [0.15, 0.2) is 6.10 Å². The lowest BCUT2D eigenvalue weighted by atomic mass is 10.0. The molecule has 0 spiro atoms. The monoisotopic (exact) mass is 344 g/mol. The second-order valence-electron chi connectivity index (χ2n) is 5.76. The lowest BCUT2D eigenvalue weighted by Gasteiger charge is -2.14. The molecular formula is C21H16N2O3. The van der Waals surface area contributed by atoms with Crippen LogP contribution in [0.25, 0.3) is 10.8 Å². The average molecular weight is 344 g/mol. The number of carbonyl (C=O) groups is 2. The predicted octanol–water partition coefficient (Wildman–Crippen LogP) is 3.90. The highest BCUT2D eigenvalue weighted by molar-refractivity contribution is 6.05. The van der Waals surface area contributed by atoms with Crippen molar-refractivity contribution in [2.24, 2.45) is 0 Å². The van der Waals surface area contributed by atoms with E-state index in [-0.39, 0.29) is 0 Å². The summed E-state index contributed by atoms with van der Waals surface area (Å²) in [5.41, 5.74) is 1.32. The molecule has 0 heterocycles. The number of fused-ring (bicyclic) bond motifs is 1. The molecule has 1 atom stereocenters. The summed E-state index contributed by atoms with van der Waals surface area (Å²) >= 11 is 0. The van der Waals surface area contributed by atoms with E-state index in [9.17, 15) is 9.59 Å². The molecule has 0 unspecified atom stereocenters. The first-order valence-electron chi connectivity index (χ1n) is 8.08. The maximum Gasteiger partial charge on any atom is 0.339 e. The van der Waals surface area contributed by atoms with E-state index in [4.69, 9.17) is 10.00 Å². The number of rotatable bonds is 4. The smallest absolute Gasteiger partial charge is 0.339 e. The van der Waals surface area contributed by atoms with E-state index < -0.39 is 18.0 Å². The topological polar surface area (TPSA) is 79.2 Å². The molecule has 0 aliphatic heterocycles. The summed E-state index contributed by atoms with van der Waals surface area (Å²) in [5.74, 6) is -1.02. The Morgan fingerprint density at radius 3 is 2.58 bits per heavy atom. The average Bonchev–Trinajstić information content (AvgIpc) is 2.67. The minimum Gasteiger partial charge on any atom is -0.449 e. The Balaban J connectivity index is 1.72. The highest BCUT2D eigenvalue weighted by Crippen LogP contribution is 2.20. The van der Waals surface area contributed by atoms with Gasteiger partial charge in [-0.2, -0.15) is 5.26 Å². The number of ether oxygens (including phenoxy) is 1. The first-order chi connectivity index (χ1) is 12.6. The summed E-state index contributed by atoms with van der Waals surface area (Å²) in [7, 11) is 0. The molecule has 1 N–H and O–H groups in total. The van der Waals surface area contributed by atoms with Crippen LogP contribution in [0.5, 0.6) is 0 Å². The van der Waals surface area contributed by atoms with E-state index in [1.54, 1.807) is 36.4 Å². The second-order valence-corrected chi connectivity index (χ2v) is 5.76. The molecule has 1 amide bonds. The van der Waals surface area contributed by atoms with Crippen LogP contribution in [-0.2, 0) is 9.53 Å². The Kier molecular flexibility index (Phi) is 4.95. The van der Waals surface area contributed by atoms with E-state index in [2.05, 4.69) is 5.32 Å². The summed E-state index contributed by atoms with van der Waals surface area (Å²) in [5, 5.41) is 13.2. The molecule has 26 heavy (non-hydrogen) atoms. The first kappa shape index (κ1) is 17.2. The van der Waals surface area contributed by atoms with Gasteiger partial charge in [0.25, 0.3) is 5.91 Å². The summed E-state index contributed by atoms with van der Waals surface area (Å²) < 4.78 is 5.32. The fourth-order valence-electron chi connectivity index (χ4n) is 2.59. The molecule has 0 aliphatic rings. The maximum absolute atomic E-state index is 12.5. The molecule has 128 valence electrons. The van der Waals surface area contributed by atoms with Crippen molar-refractivity contribution in [1.82, 2.24) is 0 Å². The third kappa shape index (κ3) is 3.70. The maximum atomic E-state index is 12.5. The fourth-order valence-corrected chi connectivity index (χ4v) is 2.59. The molecular weight excluding hydrogens is 328 g/mol. The normalized spacial score (nSPS) is 11.4. The highest BCUT2D eigenvalue weighted by atomic mass is 16.5. The van der Waals surface area contributed by atoms with Crippen LogP contribution in [0.15, 0.2) is 66.7 Å². The zero-order valence-electron chi connectivity index (χ0n) is 14.1. The standard InChI is InChI=1S/C21H16N2O3/c1-14(20(24)23-17-9-4-6-15(12-17)13-22)26-21(25)19-11-5-8-16-7-2-3-10-18(16)19/h2-12,14H,1H3,(H,23,24)/t14-/m1/s1. The number of nitriles is 1. The zero-order valence-corrected chi connectivity index (χ0v) is 14.1. The molecule has 0 radical (unpaired) electrons. The molecule has 0 aliphatic carbocycles. The van der Waals surface area contributed by atoms with E-state index in [0.29, 0.717) is 16.8 Å². The number of carbonyl (C=O) groups excluding carboxylic acids is 2. The Morgan fingerprint density at radius 1 is 1.04 bits per heavy atom. The molecule has 0 saturated carbocycles. The van der Waals surface area contributed by atoms with Gasteiger partial charge in [-0.25, -0.2) is 4.79 Å². The van der Waals surface area contributed by atoms with Crippen molar-refractivity contribution >= 4 is 28.3 Å². The van der Waals surface area contributed by atoms with Crippen molar-refractivity contribution in [1.29, 1.82) is 5.26 Å². The molecule has 0 aromatic heterocycles. The SMILES string of the molecule is C[C@@H](OC(=O)c1cccc2ccccc12)C(=O)Nc1cccc(C#N)c1. The summed E-state index contributed by atoms with van der Waals surface area (Å²) in [6.07, 6.45) is -0.979. The summed E-state index contributed by atoms with van der Waals surface area (Å²) in [6.45, 7) is 1.51. The molecule has 5 heteroatoms. The van der Waals surface area contributed by atoms with Gasteiger partial charge >= 0.3 is 5.97 Å². The quantitative estimate of drug-likeness (QED) is 0.728. The van der Waals surface area contributed by atoms with Gasteiger partial charge in [0.1, 0.15) is 0 Å². The van der Waals surface area contributed by atoms with Crippen LogP contribution in [0.2, 0.25) is 0 Å². The lowest BCUT2D eigenvalue weighted by Crippen LogP contribution is -2.30. The number of nitrogens with zero attached hydrogens (tertiary/aromatic N) is 1. The van der Waals surface area contributed by atoms with Gasteiger partial charge < -0.3 is 10.1 Å². The van der Waals surface area contributed by atoms with Crippen molar-refractivity contribution in [3.8, 4) is 6.07 Å². The van der Waals surface area contributed by atoms with Gasteiger partial charge in [-0.3, -0.25) is 4.79 Å². The van der Waals surface area contributed by atoms with E-state index in [1.807, 2.05) is 36.4 Å². The van der Waals surface area contributed by atoms with Crippen LogP contribution in [0.4, 0.5) is 5.69 Å². The van der Waals surface area contributed by atoms with Crippen molar-refractivity contribution in [3.63, 3.8) is 0 Å². The number of benzene rings is 3. The molecule has 0 bridgehead atoms. The molecule has 0 saturated heterocycles. The minimum atomic E-state index is -0.979. The molecule has 3 aromatic carbocycles. The van der Waals surface area contributed by atoms with Crippen LogP contribution in [0, 0.1) is 11.3 Å². The minimum absolute atomic E-state index is 0.411. The molecule has 5 nitrogen and oxygen atoms in total. The van der Waals surface area contributed by atoms with Crippen molar-refractivity contribution < 1.29 is 14.3 Å². The Morgan fingerprint density at radius 2 is 1.77 bits per heavy atom.